The molecule has 170 valence electrons. The Morgan fingerprint density at radius 1 is 1.13 bits per heavy atom. The fraction of sp³-hybridized carbons (Fsp3) is 0.636. The van der Waals surface area contributed by atoms with Crippen LogP contribution in [-0.2, 0) is 4.79 Å². The van der Waals surface area contributed by atoms with Crippen LogP contribution in [-0.4, -0.2) is 53.0 Å². The molecule has 8 nitrogen and oxygen atoms in total. The second-order valence-electron chi connectivity index (χ2n) is 8.57. The van der Waals surface area contributed by atoms with Crippen LogP contribution < -0.4 is 20.7 Å². The van der Waals surface area contributed by atoms with Gasteiger partial charge in [0, 0.05) is 30.7 Å². The molecule has 1 unspecified atom stereocenters. The number of carbonyl (C=O) groups excluding carboxylic acids is 1. The van der Waals surface area contributed by atoms with Crippen LogP contribution in [0.15, 0.2) is 24.3 Å². The highest BCUT2D eigenvalue weighted by molar-refractivity contribution is 5.89. The van der Waals surface area contributed by atoms with E-state index in [0.717, 1.165) is 25.5 Å². The van der Waals surface area contributed by atoms with Gasteiger partial charge in [-0.3, -0.25) is 4.79 Å². The maximum atomic E-state index is 12.0. The summed E-state index contributed by atoms with van der Waals surface area (Å²) in [5.74, 6) is -0.168. The summed E-state index contributed by atoms with van der Waals surface area (Å²) in [6.45, 7) is 7.94. The Morgan fingerprint density at radius 3 is 2.23 bits per heavy atom. The number of aliphatic hydroxyl groups excluding tert-OH is 1. The smallest absolute Gasteiger partial charge is 0.319 e. The summed E-state index contributed by atoms with van der Waals surface area (Å²) in [5.41, 5.74) is 0.688. The normalized spacial score (nSPS) is 15.4. The van der Waals surface area contributed by atoms with Crippen molar-refractivity contribution in [3.63, 3.8) is 0 Å². The number of urea groups is 1. The van der Waals surface area contributed by atoms with Gasteiger partial charge < -0.3 is 30.9 Å². The van der Waals surface area contributed by atoms with Gasteiger partial charge in [0.1, 0.15) is 18.5 Å². The van der Waals surface area contributed by atoms with Crippen LogP contribution >= 0.6 is 0 Å². The third-order valence-electron chi connectivity index (χ3n) is 4.36. The molecule has 1 aliphatic rings. The molecular formula is C22H37N3O5. The number of β-amino-alcohol motifs (C(OH)–C–C–N with tert-alkyl or cyclic N) is 1. The number of amides is 2. The molecule has 5 N–H and O–H groups in total. The Labute approximate surface area is 179 Å². The number of rotatable bonds is 7. The fourth-order valence-corrected chi connectivity index (χ4v) is 2.91. The van der Waals surface area contributed by atoms with Crippen molar-refractivity contribution >= 4 is 17.7 Å². The Kier molecular flexibility index (Phi) is 11.2. The van der Waals surface area contributed by atoms with Crippen molar-refractivity contribution in [2.75, 3.05) is 18.5 Å². The van der Waals surface area contributed by atoms with E-state index in [2.05, 4.69) is 36.7 Å². The van der Waals surface area contributed by atoms with Gasteiger partial charge in [-0.05, 0) is 57.9 Å². The van der Waals surface area contributed by atoms with E-state index in [1.165, 1.54) is 19.3 Å². The van der Waals surface area contributed by atoms with Gasteiger partial charge in [0.05, 0.1) is 0 Å². The van der Waals surface area contributed by atoms with Crippen LogP contribution in [0.25, 0.3) is 0 Å². The molecule has 2 rings (SSSR count). The number of aliphatic hydroxyl groups is 1. The van der Waals surface area contributed by atoms with E-state index < -0.39 is 12.1 Å². The predicted octanol–water partition coefficient (Wildman–Crippen LogP) is 3.36. The number of aliphatic carboxylic acids is 1. The zero-order chi connectivity index (χ0) is 22.6. The lowest BCUT2D eigenvalue weighted by molar-refractivity contribution is -0.134. The summed E-state index contributed by atoms with van der Waals surface area (Å²) < 4.78 is 5.60. The topological polar surface area (TPSA) is 120 Å². The molecule has 8 heteroatoms. The van der Waals surface area contributed by atoms with E-state index in [-0.39, 0.29) is 24.2 Å². The minimum absolute atomic E-state index is 0.0352. The SMILES string of the molecule is CC(=O)O.CC(C)(C)NCC(O)COc1ccc(NC(=O)NC2CCCCC2)cc1. The summed E-state index contributed by atoms with van der Waals surface area (Å²) in [5, 5.41) is 26.5. The van der Waals surface area contributed by atoms with Crippen molar-refractivity contribution in [2.45, 2.75) is 77.5 Å². The van der Waals surface area contributed by atoms with Crippen molar-refractivity contribution in [1.29, 1.82) is 0 Å². The highest BCUT2D eigenvalue weighted by Crippen LogP contribution is 2.18. The summed E-state index contributed by atoms with van der Waals surface area (Å²) in [7, 11) is 0. The fourth-order valence-electron chi connectivity index (χ4n) is 2.91. The van der Waals surface area contributed by atoms with E-state index in [1.807, 2.05) is 0 Å². The quantitative estimate of drug-likeness (QED) is 0.459. The van der Waals surface area contributed by atoms with Crippen LogP contribution in [0.3, 0.4) is 0 Å². The Balaban J connectivity index is 0.00000103. The number of hydrogen-bond acceptors (Lipinski definition) is 5. The number of carboxylic acids is 1. The van der Waals surface area contributed by atoms with Gasteiger partial charge in [0.15, 0.2) is 0 Å². The molecule has 1 fully saturated rings. The highest BCUT2D eigenvalue weighted by atomic mass is 16.5. The van der Waals surface area contributed by atoms with Crippen molar-refractivity contribution in [3.8, 4) is 5.75 Å². The second kappa shape index (κ2) is 13.1. The summed E-state index contributed by atoms with van der Waals surface area (Å²) in [4.78, 5) is 21.0. The minimum atomic E-state index is -0.833. The number of ether oxygens (including phenoxy) is 1. The third-order valence-corrected chi connectivity index (χ3v) is 4.36. The first-order valence-electron chi connectivity index (χ1n) is 10.5. The standard InChI is InChI=1S/C20H33N3O3.C2H4O2/c1-20(2,3)21-13-17(24)14-26-18-11-9-16(10-12-18)23-19(25)22-15-7-5-4-6-8-15;1-2(3)4/h9-12,15,17,21,24H,4-8,13-14H2,1-3H3,(H2,22,23,25);1H3,(H,3,4). The number of carboxylic acid groups (broad SMARTS) is 1. The van der Waals surface area contributed by atoms with E-state index in [4.69, 9.17) is 14.6 Å². The molecular weight excluding hydrogens is 386 g/mol. The molecule has 0 spiro atoms. The van der Waals surface area contributed by atoms with Gasteiger partial charge in [0.2, 0.25) is 0 Å². The molecule has 1 aliphatic carbocycles. The van der Waals surface area contributed by atoms with Crippen LogP contribution in [0.2, 0.25) is 0 Å². The van der Waals surface area contributed by atoms with Gasteiger partial charge in [-0.15, -0.1) is 0 Å². The summed E-state index contributed by atoms with van der Waals surface area (Å²) >= 11 is 0. The Bertz CT molecular complexity index is 633. The first kappa shape index (κ1) is 25.7. The van der Waals surface area contributed by atoms with Gasteiger partial charge in [-0.1, -0.05) is 19.3 Å². The van der Waals surface area contributed by atoms with Gasteiger partial charge in [0.25, 0.3) is 5.97 Å². The molecule has 1 atom stereocenters. The number of benzene rings is 1. The molecule has 30 heavy (non-hydrogen) atoms. The Hall–Kier alpha value is -2.32. The molecule has 0 bridgehead atoms. The average molecular weight is 424 g/mol. The van der Waals surface area contributed by atoms with Crippen molar-refractivity contribution < 1.29 is 24.5 Å². The van der Waals surface area contributed by atoms with Gasteiger partial charge in [-0.2, -0.15) is 0 Å². The molecule has 0 saturated heterocycles. The molecule has 0 radical (unpaired) electrons. The zero-order valence-electron chi connectivity index (χ0n) is 18.5. The number of anilines is 1. The minimum Gasteiger partial charge on any atom is -0.491 e. The van der Waals surface area contributed by atoms with Gasteiger partial charge >= 0.3 is 6.03 Å². The Morgan fingerprint density at radius 2 is 1.70 bits per heavy atom. The van der Waals surface area contributed by atoms with Crippen LogP contribution in [0.4, 0.5) is 10.5 Å². The van der Waals surface area contributed by atoms with Crippen molar-refractivity contribution in [3.05, 3.63) is 24.3 Å². The molecule has 1 aromatic carbocycles. The maximum absolute atomic E-state index is 12.0. The highest BCUT2D eigenvalue weighted by Gasteiger charge is 2.16. The summed E-state index contributed by atoms with van der Waals surface area (Å²) in [6, 6.07) is 7.31. The zero-order valence-corrected chi connectivity index (χ0v) is 18.5. The number of hydrogen-bond donors (Lipinski definition) is 5. The maximum Gasteiger partial charge on any atom is 0.319 e. The molecule has 0 heterocycles. The summed E-state index contributed by atoms with van der Waals surface area (Å²) in [6.07, 6.45) is 5.19. The van der Waals surface area contributed by atoms with E-state index in [9.17, 15) is 9.90 Å². The lowest BCUT2D eigenvalue weighted by Gasteiger charge is -2.23. The molecule has 2 amide bonds. The second-order valence-corrected chi connectivity index (χ2v) is 8.57. The molecule has 1 aromatic rings. The van der Waals surface area contributed by atoms with Crippen molar-refractivity contribution in [2.24, 2.45) is 0 Å². The molecule has 0 aromatic heterocycles. The average Bonchev–Trinajstić information content (AvgIpc) is 2.65. The van der Waals surface area contributed by atoms with E-state index in [1.54, 1.807) is 24.3 Å². The van der Waals surface area contributed by atoms with Crippen LogP contribution in [0.1, 0.15) is 59.8 Å². The van der Waals surface area contributed by atoms with Gasteiger partial charge in [-0.25, -0.2) is 4.79 Å². The van der Waals surface area contributed by atoms with Crippen LogP contribution in [0, 0.1) is 0 Å². The first-order valence-corrected chi connectivity index (χ1v) is 10.5. The molecule has 1 saturated carbocycles. The largest absolute Gasteiger partial charge is 0.491 e. The lowest BCUT2D eigenvalue weighted by Crippen LogP contribution is -2.42. The van der Waals surface area contributed by atoms with Crippen molar-refractivity contribution in [1.82, 2.24) is 10.6 Å². The monoisotopic (exact) mass is 423 g/mol. The number of nitrogens with one attached hydrogen (secondary N) is 3. The first-order chi connectivity index (χ1) is 14.0. The van der Waals surface area contributed by atoms with Crippen LogP contribution in [0.5, 0.6) is 5.75 Å². The molecule has 0 aliphatic heterocycles. The predicted molar refractivity (Wildman–Crippen MR) is 118 cm³/mol. The van der Waals surface area contributed by atoms with E-state index >= 15 is 0 Å². The third kappa shape index (κ3) is 13.0. The number of carbonyl (C=O) groups is 2. The lowest BCUT2D eigenvalue weighted by atomic mass is 9.96. The van der Waals surface area contributed by atoms with E-state index in [0.29, 0.717) is 12.3 Å².